The van der Waals surface area contributed by atoms with Crippen molar-refractivity contribution in [2.24, 2.45) is 0 Å². The lowest BCUT2D eigenvalue weighted by Gasteiger charge is -2.13. The molecule has 0 saturated heterocycles. The lowest BCUT2D eigenvalue weighted by atomic mass is 10.1. The van der Waals surface area contributed by atoms with E-state index in [1.807, 2.05) is 13.8 Å². The zero-order valence-corrected chi connectivity index (χ0v) is 9.52. The Morgan fingerprint density at radius 2 is 2.00 bits per heavy atom. The highest BCUT2D eigenvalue weighted by atomic mass is 32.2. The van der Waals surface area contributed by atoms with Crippen LogP contribution in [0.25, 0.3) is 0 Å². The number of hydrogen-bond acceptors (Lipinski definition) is 2. The Hall–Kier alpha value is -0.610. The van der Waals surface area contributed by atoms with E-state index in [-0.39, 0.29) is 5.56 Å². The second-order valence-corrected chi connectivity index (χ2v) is 5.17. The molecule has 0 amide bonds. The van der Waals surface area contributed by atoms with Crippen LogP contribution < -0.4 is 0 Å². The van der Waals surface area contributed by atoms with Crippen LogP contribution in [0.15, 0.2) is 18.2 Å². The lowest BCUT2D eigenvalue weighted by Crippen LogP contribution is -2.06. The van der Waals surface area contributed by atoms with Gasteiger partial charge in [-0.1, -0.05) is 13.8 Å². The molecule has 0 saturated carbocycles. The summed E-state index contributed by atoms with van der Waals surface area (Å²) in [6, 6.07) is 3.12. The van der Waals surface area contributed by atoms with Gasteiger partial charge in [0.15, 0.2) is 0 Å². The van der Waals surface area contributed by atoms with Gasteiger partial charge in [0.1, 0.15) is 11.6 Å². The van der Waals surface area contributed by atoms with Gasteiger partial charge < -0.3 is 5.11 Å². The van der Waals surface area contributed by atoms with Crippen molar-refractivity contribution in [1.29, 1.82) is 0 Å². The van der Waals surface area contributed by atoms with Crippen molar-refractivity contribution in [2.75, 3.05) is 5.75 Å². The number of thioether (sulfide) groups is 1. The normalized spacial score (nSPS) is 13.2. The molecule has 0 fully saturated rings. The maximum absolute atomic E-state index is 13.2. The van der Waals surface area contributed by atoms with Crippen LogP contribution in [0.3, 0.4) is 0 Å². The summed E-state index contributed by atoms with van der Waals surface area (Å²) in [4.78, 5) is 0. The van der Waals surface area contributed by atoms with Gasteiger partial charge in [-0.25, -0.2) is 8.78 Å². The highest BCUT2D eigenvalue weighted by molar-refractivity contribution is 7.99. The van der Waals surface area contributed by atoms with Crippen molar-refractivity contribution in [3.8, 4) is 0 Å². The Morgan fingerprint density at radius 3 is 2.60 bits per heavy atom. The molecule has 15 heavy (non-hydrogen) atoms. The minimum atomic E-state index is -0.951. The number of aliphatic hydroxyl groups excluding tert-OH is 1. The average molecular weight is 232 g/mol. The van der Waals surface area contributed by atoms with Crippen LogP contribution in [-0.4, -0.2) is 16.1 Å². The first-order chi connectivity index (χ1) is 7.00. The van der Waals surface area contributed by atoms with Crippen molar-refractivity contribution in [1.82, 2.24) is 0 Å². The zero-order chi connectivity index (χ0) is 11.4. The quantitative estimate of drug-likeness (QED) is 0.860. The number of benzene rings is 1. The maximum Gasteiger partial charge on any atom is 0.129 e. The van der Waals surface area contributed by atoms with Gasteiger partial charge in [0.2, 0.25) is 0 Å². The Bertz CT molecular complexity index is 328. The van der Waals surface area contributed by atoms with Crippen LogP contribution >= 0.6 is 11.8 Å². The van der Waals surface area contributed by atoms with E-state index in [1.54, 1.807) is 0 Å². The summed E-state index contributed by atoms with van der Waals surface area (Å²) in [5, 5.41) is 10.0. The minimum absolute atomic E-state index is 0.0307. The van der Waals surface area contributed by atoms with E-state index in [1.165, 1.54) is 11.8 Å². The zero-order valence-electron chi connectivity index (χ0n) is 8.71. The molecule has 0 heterocycles. The Labute approximate surface area is 92.5 Å². The second kappa shape index (κ2) is 5.47. The predicted octanol–water partition coefficient (Wildman–Crippen LogP) is 3.14. The van der Waals surface area contributed by atoms with Gasteiger partial charge in [-0.15, -0.1) is 0 Å². The first-order valence-electron chi connectivity index (χ1n) is 4.75. The molecule has 84 valence electrons. The van der Waals surface area contributed by atoms with Crippen LogP contribution in [0.4, 0.5) is 8.78 Å². The summed E-state index contributed by atoms with van der Waals surface area (Å²) in [6.45, 7) is 3.97. The fourth-order valence-electron chi connectivity index (χ4n) is 1.14. The smallest absolute Gasteiger partial charge is 0.129 e. The van der Waals surface area contributed by atoms with E-state index in [2.05, 4.69) is 0 Å². The van der Waals surface area contributed by atoms with Crippen LogP contribution in [0, 0.1) is 11.6 Å². The largest absolute Gasteiger partial charge is 0.387 e. The lowest BCUT2D eigenvalue weighted by molar-refractivity contribution is 0.198. The molecule has 0 radical (unpaired) electrons. The molecule has 0 spiro atoms. The van der Waals surface area contributed by atoms with E-state index in [0.717, 1.165) is 18.2 Å². The number of halogens is 2. The third-order valence-electron chi connectivity index (χ3n) is 1.90. The van der Waals surface area contributed by atoms with Gasteiger partial charge in [0.05, 0.1) is 6.10 Å². The van der Waals surface area contributed by atoms with E-state index < -0.39 is 17.7 Å². The first-order valence-corrected chi connectivity index (χ1v) is 5.80. The molecular formula is C11H14F2OS. The van der Waals surface area contributed by atoms with E-state index >= 15 is 0 Å². The number of rotatable bonds is 4. The van der Waals surface area contributed by atoms with Gasteiger partial charge >= 0.3 is 0 Å². The molecule has 1 aromatic carbocycles. The first kappa shape index (κ1) is 12.5. The highest BCUT2D eigenvalue weighted by Gasteiger charge is 2.14. The Morgan fingerprint density at radius 1 is 1.33 bits per heavy atom. The van der Waals surface area contributed by atoms with Crippen LogP contribution in [0.5, 0.6) is 0 Å². The fourth-order valence-corrected chi connectivity index (χ4v) is 1.89. The molecule has 1 unspecified atom stereocenters. The second-order valence-electron chi connectivity index (χ2n) is 3.56. The monoisotopic (exact) mass is 232 g/mol. The van der Waals surface area contributed by atoms with Crippen LogP contribution in [0.2, 0.25) is 0 Å². The molecule has 1 atom stereocenters. The average Bonchev–Trinajstić information content (AvgIpc) is 2.18. The molecule has 1 N–H and O–H groups in total. The summed E-state index contributed by atoms with van der Waals surface area (Å²) in [6.07, 6.45) is -0.951. The molecule has 1 rings (SSSR count). The third-order valence-corrected chi connectivity index (χ3v) is 3.08. The topological polar surface area (TPSA) is 20.2 Å². The van der Waals surface area contributed by atoms with E-state index in [9.17, 15) is 13.9 Å². The fraction of sp³-hybridized carbons (Fsp3) is 0.455. The highest BCUT2D eigenvalue weighted by Crippen LogP contribution is 2.23. The predicted molar refractivity (Wildman–Crippen MR) is 58.9 cm³/mol. The summed E-state index contributed by atoms with van der Waals surface area (Å²) < 4.78 is 26.0. The van der Waals surface area contributed by atoms with Gasteiger partial charge in [0, 0.05) is 11.3 Å². The van der Waals surface area contributed by atoms with Crippen molar-refractivity contribution in [2.45, 2.75) is 25.2 Å². The SMILES string of the molecule is CC(C)SCC(O)c1cc(F)ccc1F. The van der Waals surface area contributed by atoms with Crippen molar-refractivity contribution in [3.63, 3.8) is 0 Å². The summed E-state index contributed by atoms with van der Waals surface area (Å²) >= 11 is 1.51. The van der Waals surface area contributed by atoms with Gasteiger partial charge in [-0.3, -0.25) is 0 Å². The minimum Gasteiger partial charge on any atom is -0.387 e. The summed E-state index contributed by atoms with van der Waals surface area (Å²) in [5.74, 6) is -0.717. The standard InChI is InChI=1S/C11H14F2OS/c1-7(2)15-6-11(14)9-5-8(12)3-4-10(9)13/h3-5,7,11,14H,6H2,1-2H3. The molecule has 1 nitrogen and oxygen atoms in total. The number of aliphatic hydroxyl groups is 1. The van der Waals surface area contributed by atoms with Gasteiger partial charge in [0.25, 0.3) is 0 Å². The molecular weight excluding hydrogens is 218 g/mol. The van der Waals surface area contributed by atoms with E-state index in [4.69, 9.17) is 0 Å². The van der Waals surface area contributed by atoms with Crippen molar-refractivity contribution >= 4 is 11.8 Å². The molecule has 0 aromatic heterocycles. The molecule has 4 heteroatoms. The Kier molecular flexibility index (Phi) is 4.54. The molecule has 1 aromatic rings. The Balaban J connectivity index is 2.72. The van der Waals surface area contributed by atoms with Gasteiger partial charge in [-0.2, -0.15) is 11.8 Å². The number of hydrogen-bond donors (Lipinski definition) is 1. The van der Waals surface area contributed by atoms with Gasteiger partial charge in [-0.05, 0) is 23.4 Å². The van der Waals surface area contributed by atoms with Crippen LogP contribution in [-0.2, 0) is 0 Å². The summed E-state index contributed by atoms with van der Waals surface area (Å²) in [5.41, 5.74) is 0.0307. The maximum atomic E-state index is 13.2. The van der Waals surface area contributed by atoms with Crippen molar-refractivity contribution < 1.29 is 13.9 Å². The third kappa shape index (κ3) is 3.80. The van der Waals surface area contributed by atoms with Crippen molar-refractivity contribution in [3.05, 3.63) is 35.4 Å². The van der Waals surface area contributed by atoms with Crippen LogP contribution in [0.1, 0.15) is 25.5 Å². The molecule has 0 aliphatic rings. The molecule has 0 aliphatic heterocycles. The molecule has 0 bridgehead atoms. The van der Waals surface area contributed by atoms with E-state index in [0.29, 0.717) is 11.0 Å². The summed E-state index contributed by atoms with van der Waals surface area (Å²) in [7, 11) is 0. The molecule has 0 aliphatic carbocycles.